The number of hydrogen-bond donors (Lipinski definition) is 2. The summed E-state index contributed by atoms with van der Waals surface area (Å²) in [5.41, 5.74) is 2.02. The van der Waals surface area contributed by atoms with E-state index in [0.29, 0.717) is 28.2 Å². The minimum atomic E-state index is -0.538. The number of aldehydes is 1. The van der Waals surface area contributed by atoms with Crippen LogP contribution in [0.3, 0.4) is 0 Å². The number of nitrogens with one attached hydrogen (secondary N) is 2. The zero-order valence-electron chi connectivity index (χ0n) is 15.1. The maximum absolute atomic E-state index is 14.4. The molecule has 3 aromatic rings. The van der Waals surface area contributed by atoms with E-state index in [2.05, 4.69) is 22.2 Å². The van der Waals surface area contributed by atoms with Crippen molar-refractivity contribution in [3.8, 4) is 11.1 Å². The molecule has 0 atom stereocenters. The Hall–Kier alpha value is -2.99. The molecular formula is C21H17ClFN3O2. The molecule has 0 unspecified atom stereocenters. The number of rotatable bonds is 5. The highest BCUT2D eigenvalue weighted by Crippen LogP contribution is 2.49. The number of anilines is 2. The molecule has 5 nitrogen and oxygen atoms in total. The zero-order valence-corrected chi connectivity index (χ0v) is 15.8. The Balaban J connectivity index is 1.89. The summed E-state index contributed by atoms with van der Waals surface area (Å²) >= 11 is 6.00. The van der Waals surface area contributed by atoms with Crippen LogP contribution in [0.1, 0.15) is 35.8 Å². The molecule has 0 amide bonds. The van der Waals surface area contributed by atoms with Gasteiger partial charge in [0.15, 0.2) is 6.29 Å². The average Bonchev–Trinajstić information content (AvgIpc) is 3.44. The molecule has 142 valence electrons. The SMILES string of the molecule is CC1(c2[nH]c(=O)c(-c3cc(Cl)ccc3F)cc2Nc2ccncc2C=O)CC1. The summed E-state index contributed by atoms with van der Waals surface area (Å²) in [6, 6.07) is 7.37. The second-order valence-corrected chi connectivity index (χ2v) is 7.63. The molecule has 0 spiro atoms. The van der Waals surface area contributed by atoms with Gasteiger partial charge in [0.25, 0.3) is 5.56 Å². The third-order valence-electron chi connectivity index (χ3n) is 5.11. The fraction of sp³-hybridized carbons (Fsp3) is 0.190. The fourth-order valence-electron chi connectivity index (χ4n) is 3.21. The standard InChI is InChI=1S/C21H17ClFN3O2/c1-21(5-6-21)19-18(25-17-4-7-24-10-12(17)11-27)9-15(20(28)26-19)14-8-13(22)2-3-16(14)23/h2-4,7-11H,5-6H2,1H3,(H,24,25)(H,26,28). The number of pyridine rings is 2. The van der Waals surface area contributed by atoms with Crippen molar-refractivity contribution in [1.29, 1.82) is 0 Å². The molecule has 1 aliphatic carbocycles. The van der Waals surface area contributed by atoms with Crippen molar-refractivity contribution < 1.29 is 9.18 Å². The maximum atomic E-state index is 14.4. The van der Waals surface area contributed by atoms with Crippen molar-refractivity contribution in [2.75, 3.05) is 5.32 Å². The Morgan fingerprint density at radius 2 is 2.00 bits per heavy atom. The van der Waals surface area contributed by atoms with Gasteiger partial charge in [0.05, 0.1) is 22.5 Å². The molecule has 2 heterocycles. The van der Waals surface area contributed by atoms with E-state index in [1.807, 2.05) is 0 Å². The van der Waals surface area contributed by atoms with Gasteiger partial charge in [-0.1, -0.05) is 18.5 Å². The largest absolute Gasteiger partial charge is 0.353 e. The van der Waals surface area contributed by atoms with Crippen molar-refractivity contribution in [3.63, 3.8) is 0 Å². The molecule has 0 saturated heterocycles. The van der Waals surface area contributed by atoms with Crippen LogP contribution in [0.15, 0.2) is 47.5 Å². The van der Waals surface area contributed by atoms with E-state index in [1.54, 1.807) is 18.3 Å². The lowest BCUT2D eigenvalue weighted by Gasteiger charge is -2.18. The van der Waals surface area contributed by atoms with Crippen molar-refractivity contribution in [3.05, 3.63) is 75.2 Å². The molecule has 1 aliphatic rings. The smallest absolute Gasteiger partial charge is 0.256 e. The van der Waals surface area contributed by atoms with Crippen LogP contribution in [0, 0.1) is 5.82 Å². The minimum Gasteiger partial charge on any atom is -0.353 e. The molecule has 28 heavy (non-hydrogen) atoms. The average molecular weight is 398 g/mol. The molecular weight excluding hydrogens is 381 g/mol. The summed E-state index contributed by atoms with van der Waals surface area (Å²) in [4.78, 5) is 30.9. The van der Waals surface area contributed by atoms with Gasteiger partial charge >= 0.3 is 0 Å². The molecule has 0 aliphatic heterocycles. The Bertz CT molecular complexity index is 1140. The second-order valence-electron chi connectivity index (χ2n) is 7.19. The maximum Gasteiger partial charge on any atom is 0.256 e. The van der Waals surface area contributed by atoms with Gasteiger partial charge in [0.2, 0.25) is 0 Å². The van der Waals surface area contributed by atoms with E-state index >= 15 is 0 Å². The Morgan fingerprint density at radius 3 is 2.71 bits per heavy atom. The first kappa shape index (κ1) is 18.4. The number of carbonyl (C=O) groups is 1. The van der Waals surface area contributed by atoms with E-state index < -0.39 is 5.82 Å². The predicted molar refractivity (Wildman–Crippen MR) is 107 cm³/mol. The number of carbonyl (C=O) groups excluding carboxylic acids is 1. The van der Waals surface area contributed by atoms with Gasteiger partial charge in [0, 0.05) is 34.1 Å². The fourth-order valence-corrected chi connectivity index (χ4v) is 3.38. The first-order chi connectivity index (χ1) is 13.4. The monoisotopic (exact) mass is 397 g/mol. The lowest BCUT2D eigenvalue weighted by molar-refractivity contribution is 0.112. The third-order valence-corrected chi connectivity index (χ3v) is 5.35. The first-order valence-corrected chi connectivity index (χ1v) is 9.18. The molecule has 2 N–H and O–H groups in total. The summed E-state index contributed by atoms with van der Waals surface area (Å²) < 4.78 is 14.4. The van der Waals surface area contributed by atoms with Crippen LogP contribution in [-0.2, 0) is 5.41 Å². The van der Waals surface area contributed by atoms with Crippen LogP contribution in [0.25, 0.3) is 11.1 Å². The van der Waals surface area contributed by atoms with E-state index in [9.17, 15) is 14.0 Å². The van der Waals surface area contributed by atoms with Gasteiger partial charge in [-0.2, -0.15) is 0 Å². The normalized spacial score (nSPS) is 14.5. The molecule has 0 bridgehead atoms. The van der Waals surface area contributed by atoms with Crippen LogP contribution in [0.4, 0.5) is 15.8 Å². The highest BCUT2D eigenvalue weighted by molar-refractivity contribution is 6.30. The topological polar surface area (TPSA) is 74.8 Å². The third kappa shape index (κ3) is 3.31. The summed E-state index contributed by atoms with van der Waals surface area (Å²) in [6.07, 6.45) is 5.59. The van der Waals surface area contributed by atoms with E-state index in [1.165, 1.54) is 24.4 Å². The van der Waals surface area contributed by atoms with Crippen LogP contribution in [-0.4, -0.2) is 16.3 Å². The first-order valence-electron chi connectivity index (χ1n) is 8.81. The molecule has 4 rings (SSSR count). The van der Waals surface area contributed by atoms with E-state index in [0.717, 1.165) is 18.5 Å². The molecule has 1 saturated carbocycles. The quantitative estimate of drug-likeness (QED) is 0.604. The number of benzene rings is 1. The van der Waals surface area contributed by atoms with Gasteiger partial charge < -0.3 is 10.3 Å². The highest BCUT2D eigenvalue weighted by atomic mass is 35.5. The number of halogens is 2. The Kier molecular flexibility index (Phi) is 4.51. The van der Waals surface area contributed by atoms with E-state index in [4.69, 9.17) is 11.6 Å². The van der Waals surface area contributed by atoms with Crippen LogP contribution in [0.2, 0.25) is 5.02 Å². The predicted octanol–water partition coefficient (Wildman–Crippen LogP) is 4.84. The summed E-state index contributed by atoms with van der Waals surface area (Å²) in [5.74, 6) is -0.538. The van der Waals surface area contributed by atoms with Crippen molar-refractivity contribution in [2.45, 2.75) is 25.2 Å². The van der Waals surface area contributed by atoms with Gasteiger partial charge in [-0.15, -0.1) is 0 Å². The van der Waals surface area contributed by atoms with Crippen molar-refractivity contribution >= 4 is 29.3 Å². The van der Waals surface area contributed by atoms with Gasteiger partial charge in [0.1, 0.15) is 5.82 Å². The van der Waals surface area contributed by atoms with Crippen molar-refractivity contribution in [2.24, 2.45) is 0 Å². The molecule has 1 fully saturated rings. The summed E-state index contributed by atoms with van der Waals surface area (Å²) in [7, 11) is 0. The highest BCUT2D eigenvalue weighted by Gasteiger charge is 2.42. The van der Waals surface area contributed by atoms with Gasteiger partial charge in [-0.05, 0) is 43.2 Å². The number of H-pyrrole nitrogens is 1. The second kappa shape index (κ2) is 6.87. The number of nitrogens with zero attached hydrogens (tertiary/aromatic N) is 1. The number of hydrogen-bond acceptors (Lipinski definition) is 4. The molecule has 2 aromatic heterocycles. The van der Waals surface area contributed by atoms with Crippen LogP contribution in [0.5, 0.6) is 0 Å². The van der Waals surface area contributed by atoms with E-state index in [-0.39, 0.29) is 22.1 Å². The zero-order chi connectivity index (χ0) is 19.9. The lowest BCUT2D eigenvalue weighted by atomic mass is 9.99. The van der Waals surface area contributed by atoms with Gasteiger partial charge in [-0.25, -0.2) is 4.39 Å². The molecule has 1 aromatic carbocycles. The summed E-state index contributed by atoms with van der Waals surface area (Å²) in [5, 5.41) is 3.55. The van der Waals surface area contributed by atoms with Crippen LogP contribution < -0.4 is 10.9 Å². The lowest BCUT2D eigenvalue weighted by Crippen LogP contribution is -2.19. The minimum absolute atomic E-state index is 0.120. The van der Waals surface area contributed by atoms with Crippen molar-refractivity contribution in [1.82, 2.24) is 9.97 Å². The molecule has 7 heteroatoms. The molecule has 0 radical (unpaired) electrons. The number of aromatic nitrogens is 2. The Labute approximate surface area is 165 Å². The number of aromatic amines is 1. The Morgan fingerprint density at radius 1 is 1.21 bits per heavy atom. The van der Waals surface area contributed by atoms with Gasteiger partial charge in [-0.3, -0.25) is 14.6 Å². The summed E-state index contributed by atoms with van der Waals surface area (Å²) in [6.45, 7) is 2.05. The van der Waals surface area contributed by atoms with Crippen LogP contribution >= 0.6 is 11.6 Å².